The highest BCUT2D eigenvalue weighted by molar-refractivity contribution is 5.98. The maximum Gasteiger partial charge on any atom is 0.241 e. The summed E-state index contributed by atoms with van der Waals surface area (Å²) in [7, 11) is 3.55. The number of rotatable bonds is 7. The van der Waals surface area contributed by atoms with E-state index in [0.717, 1.165) is 16.9 Å². The molecule has 0 aliphatic heterocycles. The van der Waals surface area contributed by atoms with Gasteiger partial charge in [0.15, 0.2) is 5.78 Å². The molecule has 1 atom stereocenters. The quantitative estimate of drug-likeness (QED) is 0.771. The van der Waals surface area contributed by atoms with Crippen LogP contribution in [-0.2, 0) is 11.3 Å². The molecule has 138 valence electrons. The molecule has 0 heterocycles. The van der Waals surface area contributed by atoms with Crippen molar-refractivity contribution in [3.8, 4) is 5.75 Å². The Morgan fingerprint density at radius 2 is 1.92 bits per heavy atom. The van der Waals surface area contributed by atoms with Gasteiger partial charge in [-0.1, -0.05) is 29.8 Å². The number of Topliss-reactive ketones (excluding diaryl/α,β-unsaturated/α-hetero) is 1. The van der Waals surface area contributed by atoms with E-state index >= 15 is 0 Å². The summed E-state index contributed by atoms with van der Waals surface area (Å²) < 4.78 is 5.41. The first-order chi connectivity index (χ1) is 12.3. The van der Waals surface area contributed by atoms with E-state index in [2.05, 4.69) is 11.4 Å². The van der Waals surface area contributed by atoms with Crippen molar-refractivity contribution in [3.05, 3.63) is 59.2 Å². The molecule has 0 aliphatic carbocycles. The lowest BCUT2D eigenvalue weighted by molar-refractivity contribution is -0.120. The summed E-state index contributed by atoms with van der Waals surface area (Å²) in [6, 6.07) is 12.6. The van der Waals surface area contributed by atoms with E-state index in [4.69, 9.17) is 4.74 Å². The molecule has 0 spiro atoms. The average Bonchev–Trinajstić information content (AvgIpc) is 2.61. The molecule has 0 aromatic heterocycles. The molecule has 0 saturated carbocycles. The number of carbonyl (C=O) groups excluding carboxylic acids is 2. The zero-order valence-corrected chi connectivity index (χ0v) is 16.0. The molecule has 5 heteroatoms. The van der Waals surface area contributed by atoms with Gasteiger partial charge < -0.3 is 10.1 Å². The molecule has 0 fully saturated rings. The number of hydrogen-bond donors (Lipinski definition) is 1. The Kier molecular flexibility index (Phi) is 6.52. The van der Waals surface area contributed by atoms with Gasteiger partial charge in [0.1, 0.15) is 5.75 Å². The number of benzene rings is 2. The maximum absolute atomic E-state index is 12.6. The second kappa shape index (κ2) is 8.63. The monoisotopic (exact) mass is 354 g/mol. The Morgan fingerprint density at radius 3 is 2.58 bits per heavy atom. The number of anilines is 1. The normalized spacial score (nSPS) is 11.9. The van der Waals surface area contributed by atoms with Gasteiger partial charge in [-0.05, 0) is 46.0 Å². The molecule has 0 aliphatic rings. The molecule has 1 N–H and O–H groups in total. The topological polar surface area (TPSA) is 58.6 Å². The fraction of sp³-hybridized carbons (Fsp3) is 0.333. The van der Waals surface area contributed by atoms with Crippen molar-refractivity contribution in [3.63, 3.8) is 0 Å². The van der Waals surface area contributed by atoms with Crippen molar-refractivity contribution in [2.75, 3.05) is 19.5 Å². The molecule has 0 radical (unpaired) electrons. The van der Waals surface area contributed by atoms with E-state index < -0.39 is 0 Å². The zero-order chi connectivity index (χ0) is 19.3. The summed E-state index contributed by atoms with van der Waals surface area (Å²) in [5, 5.41) is 2.88. The minimum atomic E-state index is -0.346. The standard InChI is InChI=1S/C21H26N2O3/c1-14-9-10-20(26-5)18(11-14)13-23(4)15(2)21(25)22-19-8-6-7-17(12-19)16(3)24/h6-12,15H,13H2,1-5H3,(H,22,25)/t15-/m0/s1. The second-order valence-electron chi connectivity index (χ2n) is 6.53. The van der Waals surface area contributed by atoms with Crippen LogP contribution < -0.4 is 10.1 Å². The summed E-state index contributed by atoms with van der Waals surface area (Å²) >= 11 is 0. The molecule has 0 saturated heterocycles. The first kappa shape index (κ1) is 19.7. The molecule has 0 unspecified atom stereocenters. The van der Waals surface area contributed by atoms with Crippen LogP contribution in [-0.4, -0.2) is 36.8 Å². The number of methoxy groups -OCH3 is 1. The lowest BCUT2D eigenvalue weighted by Crippen LogP contribution is -2.39. The molecule has 2 aromatic rings. The summed E-state index contributed by atoms with van der Waals surface area (Å²) in [5.41, 5.74) is 3.38. The minimum Gasteiger partial charge on any atom is -0.496 e. The number of ketones is 1. The molecule has 26 heavy (non-hydrogen) atoms. The Bertz CT molecular complexity index is 802. The SMILES string of the molecule is COc1ccc(C)cc1CN(C)[C@@H](C)C(=O)Nc1cccc(C(C)=O)c1. The van der Waals surface area contributed by atoms with Gasteiger partial charge in [0, 0.05) is 23.4 Å². The Balaban J connectivity index is 2.07. The lowest BCUT2D eigenvalue weighted by Gasteiger charge is -2.25. The third kappa shape index (κ3) is 4.92. The van der Waals surface area contributed by atoms with Crippen LogP contribution in [0.25, 0.3) is 0 Å². The molecule has 2 aromatic carbocycles. The van der Waals surface area contributed by atoms with Crippen molar-refractivity contribution < 1.29 is 14.3 Å². The Morgan fingerprint density at radius 1 is 1.19 bits per heavy atom. The first-order valence-electron chi connectivity index (χ1n) is 8.57. The average molecular weight is 354 g/mol. The smallest absolute Gasteiger partial charge is 0.241 e. The number of nitrogens with zero attached hydrogens (tertiary/aromatic N) is 1. The van der Waals surface area contributed by atoms with Gasteiger partial charge in [-0.3, -0.25) is 14.5 Å². The van der Waals surface area contributed by atoms with E-state index in [-0.39, 0.29) is 17.7 Å². The van der Waals surface area contributed by atoms with Crippen LogP contribution in [0, 0.1) is 6.92 Å². The first-order valence-corrected chi connectivity index (χ1v) is 8.57. The number of ether oxygens (including phenoxy) is 1. The summed E-state index contributed by atoms with van der Waals surface area (Å²) in [6.45, 7) is 5.98. The van der Waals surface area contributed by atoms with Gasteiger partial charge in [0.05, 0.1) is 13.2 Å². The highest BCUT2D eigenvalue weighted by atomic mass is 16.5. The highest BCUT2D eigenvalue weighted by Crippen LogP contribution is 2.22. The summed E-state index contributed by atoms with van der Waals surface area (Å²) in [4.78, 5) is 26.0. The van der Waals surface area contributed by atoms with Gasteiger partial charge in [0.25, 0.3) is 0 Å². The predicted molar refractivity (Wildman–Crippen MR) is 104 cm³/mol. The van der Waals surface area contributed by atoms with Crippen molar-refractivity contribution >= 4 is 17.4 Å². The molecular formula is C21H26N2O3. The van der Waals surface area contributed by atoms with Gasteiger partial charge in [0.2, 0.25) is 5.91 Å². The van der Waals surface area contributed by atoms with Crippen LogP contribution in [0.2, 0.25) is 0 Å². The number of likely N-dealkylation sites (N-methyl/N-ethyl adjacent to an activating group) is 1. The van der Waals surface area contributed by atoms with Gasteiger partial charge in [-0.2, -0.15) is 0 Å². The van der Waals surface area contributed by atoms with Crippen molar-refractivity contribution in [2.24, 2.45) is 0 Å². The number of carbonyl (C=O) groups is 2. The van der Waals surface area contributed by atoms with Crippen LogP contribution in [0.3, 0.4) is 0 Å². The molecule has 5 nitrogen and oxygen atoms in total. The largest absolute Gasteiger partial charge is 0.496 e. The molecule has 0 bridgehead atoms. The van der Waals surface area contributed by atoms with Crippen LogP contribution >= 0.6 is 0 Å². The number of amides is 1. The van der Waals surface area contributed by atoms with E-state index in [1.54, 1.807) is 31.4 Å². The van der Waals surface area contributed by atoms with E-state index in [0.29, 0.717) is 17.8 Å². The summed E-state index contributed by atoms with van der Waals surface area (Å²) in [5.74, 6) is 0.654. The van der Waals surface area contributed by atoms with E-state index in [9.17, 15) is 9.59 Å². The van der Waals surface area contributed by atoms with Crippen molar-refractivity contribution in [1.29, 1.82) is 0 Å². The lowest BCUT2D eigenvalue weighted by atomic mass is 10.1. The Hall–Kier alpha value is -2.66. The van der Waals surface area contributed by atoms with Crippen LogP contribution in [0.15, 0.2) is 42.5 Å². The number of aryl methyl sites for hydroxylation is 1. The van der Waals surface area contributed by atoms with Gasteiger partial charge in [-0.15, -0.1) is 0 Å². The third-order valence-electron chi connectivity index (χ3n) is 4.43. The van der Waals surface area contributed by atoms with Gasteiger partial charge in [-0.25, -0.2) is 0 Å². The zero-order valence-electron chi connectivity index (χ0n) is 16.0. The van der Waals surface area contributed by atoms with Crippen molar-refractivity contribution in [2.45, 2.75) is 33.4 Å². The van der Waals surface area contributed by atoms with Crippen molar-refractivity contribution in [1.82, 2.24) is 4.90 Å². The fourth-order valence-corrected chi connectivity index (χ4v) is 2.70. The second-order valence-corrected chi connectivity index (χ2v) is 6.53. The van der Waals surface area contributed by atoms with E-state index in [1.807, 2.05) is 37.9 Å². The van der Waals surface area contributed by atoms with Crippen LogP contribution in [0.4, 0.5) is 5.69 Å². The maximum atomic E-state index is 12.6. The van der Waals surface area contributed by atoms with E-state index in [1.165, 1.54) is 6.92 Å². The molecular weight excluding hydrogens is 328 g/mol. The van der Waals surface area contributed by atoms with Gasteiger partial charge >= 0.3 is 0 Å². The fourth-order valence-electron chi connectivity index (χ4n) is 2.70. The summed E-state index contributed by atoms with van der Waals surface area (Å²) in [6.07, 6.45) is 0. The Labute approximate surface area is 155 Å². The number of nitrogens with one attached hydrogen (secondary N) is 1. The highest BCUT2D eigenvalue weighted by Gasteiger charge is 2.19. The third-order valence-corrected chi connectivity index (χ3v) is 4.43. The molecule has 1 amide bonds. The van der Waals surface area contributed by atoms with Crippen LogP contribution in [0.1, 0.15) is 35.3 Å². The number of hydrogen-bond acceptors (Lipinski definition) is 4. The minimum absolute atomic E-state index is 0.0298. The van der Waals surface area contributed by atoms with Crippen LogP contribution in [0.5, 0.6) is 5.75 Å². The molecule has 2 rings (SSSR count). The predicted octanol–water partition coefficient (Wildman–Crippen LogP) is 3.67.